The lowest BCUT2D eigenvalue weighted by Gasteiger charge is -2.17. The van der Waals surface area contributed by atoms with Crippen molar-refractivity contribution in [2.75, 3.05) is 14.2 Å². The zero-order valence-electron chi connectivity index (χ0n) is 13.9. The molecule has 126 valence electrons. The van der Waals surface area contributed by atoms with E-state index >= 15 is 0 Å². The highest BCUT2D eigenvalue weighted by molar-refractivity contribution is 5.91. The minimum absolute atomic E-state index is 0.346. The van der Waals surface area contributed by atoms with Gasteiger partial charge >= 0.3 is 5.97 Å². The van der Waals surface area contributed by atoms with Crippen molar-refractivity contribution in [3.05, 3.63) is 59.7 Å². The third-order valence-electron chi connectivity index (χ3n) is 3.49. The molecule has 2 aromatic carbocycles. The van der Waals surface area contributed by atoms with Gasteiger partial charge in [0, 0.05) is 11.6 Å². The number of benzene rings is 2. The lowest BCUT2D eigenvalue weighted by molar-refractivity contribution is -0.131. The molecule has 0 spiro atoms. The summed E-state index contributed by atoms with van der Waals surface area (Å²) in [5.74, 6) is 0.395. The summed E-state index contributed by atoms with van der Waals surface area (Å²) in [7, 11) is 3.06. The Kier molecular flexibility index (Phi) is 5.84. The molecular formula is C19H20O5. The van der Waals surface area contributed by atoms with Crippen molar-refractivity contribution in [2.24, 2.45) is 0 Å². The van der Waals surface area contributed by atoms with Crippen LogP contribution >= 0.6 is 0 Å². The molecule has 0 bridgehead atoms. The standard InChI is InChI=1S/C19H20O5/c1-13(11-17(20)21)15-9-10-16(22-2)19(18(15)23-3)24-12-14-7-5-4-6-8-14/h4-11H,12H2,1-3H3,(H,20,21)/b13-11+. The normalized spacial score (nSPS) is 11.0. The highest BCUT2D eigenvalue weighted by atomic mass is 16.5. The van der Waals surface area contributed by atoms with Crippen molar-refractivity contribution >= 4 is 11.5 Å². The van der Waals surface area contributed by atoms with Gasteiger partial charge in [-0.05, 0) is 30.2 Å². The molecular weight excluding hydrogens is 308 g/mol. The van der Waals surface area contributed by atoms with E-state index in [9.17, 15) is 4.79 Å². The largest absolute Gasteiger partial charge is 0.493 e. The van der Waals surface area contributed by atoms with Crippen LogP contribution in [-0.2, 0) is 11.4 Å². The number of aliphatic carboxylic acids is 1. The molecule has 24 heavy (non-hydrogen) atoms. The number of carbonyl (C=O) groups is 1. The maximum absolute atomic E-state index is 10.9. The lowest BCUT2D eigenvalue weighted by Crippen LogP contribution is -2.02. The van der Waals surface area contributed by atoms with Crippen LogP contribution in [0, 0.1) is 0 Å². The van der Waals surface area contributed by atoms with Crippen molar-refractivity contribution in [1.82, 2.24) is 0 Å². The monoisotopic (exact) mass is 328 g/mol. The number of hydrogen-bond donors (Lipinski definition) is 1. The average molecular weight is 328 g/mol. The van der Waals surface area contributed by atoms with E-state index in [0.29, 0.717) is 35.0 Å². The Morgan fingerprint density at radius 1 is 1.04 bits per heavy atom. The maximum Gasteiger partial charge on any atom is 0.328 e. The number of ether oxygens (including phenoxy) is 3. The van der Waals surface area contributed by atoms with Gasteiger partial charge in [0.2, 0.25) is 5.75 Å². The first-order valence-corrected chi connectivity index (χ1v) is 7.40. The highest BCUT2D eigenvalue weighted by Crippen LogP contribution is 2.42. The van der Waals surface area contributed by atoms with E-state index in [2.05, 4.69) is 0 Å². The van der Waals surface area contributed by atoms with Crippen LogP contribution < -0.4 is 14.2 Å². The fourth-order valence-corrected chi connectivity index (χ4v) is 2.35. The Morgan fingerprint density at radius 3 is 2.33 bits per heavy atom. The summed E-state index contributed by atoms with van der Waals surface area (Å²) in [5, 5.41) is 8.96. The Balaban J connectivity index is 2.41. The molecule has 2 rings (SSSR count). The van der Waals surface area contributed by atoms with Crippen molar-refractivity contribution in [2.45, 2.75) is 13.5 Å². The molecule has 0 heterocycles. The van der Waals surface area contributed by atoms with E-state index in [1.165, 1.54) is 7.11 Å². The fraction of sp³-hybridized carbons (Fsp3) is 0.211. The van der Waals surface area contributed by atoms with Crippen LogP contribution in [0.25, 0.3) is 5.57 Å². The first-order chi connectivity index (χ1) is 11.6. The number of methoxy groups -OCH3 is 2. The Morgan fingerprint density at radius 2 is 1.75 bits per heavy atom. The van der Waals surface area contributed by atoms with Gasteiger partial charge in [-0.25, -0.2) is 4.79 Å². The lowest BCUT2D eigenvalue weighted by atomic mass is 10.0. The minimum atomic E-state index is -1.02. The molecule has 5 heteroatoms. The van der Waals surface area contributed by atoms with Crippen LogP contribution in [0.4, 0.5) is 0 Å². The molecule has 0 amide bonds. The molecule has 0 radical (unpaired) electrons. The molecule has 0 aliphatic rings. The second-order valence-electron chi connectivity index (χ2n) is 5.12. The first kappa shape index (κ1) is 17.4. The summed E-state index contributed by atoms with van der Waals surface area (Å²) in [6.45, 7) is 2.05. The van der Waals surface area contributed by atoms with Crippen LogP contribution in [0.2, 0.25) is 0 Å². The number of carboxylic acids is 1. The molecule has 0 unspecified atom stereocenters. The molecule has 5 nitrogen and oxygen atoms in total. The van der Waals surface area contributed by atoms with Crippen LogP contribution in [0.5, 0.6) is 17.2 Å². The molecule has 0 fully saturated rings. The number of allylic oxidation sites excluding steroid dienone is 1. The molecule has 0 aromatic heterocycles. The summed E-state index contributed by atoms with van der Waals surface area (Å²) in [6.07, 6.45) is 1.13. The van der Waals surface area contributed by atoms with E-state index < -0.39 is 5.97 Å². The van der Waals surface area contributed by atoms with Crippen LogP contribution in [0.3, 0.4) is 0 Å². The van der Waals surface area contributed by atoms with E-state index in [-0.39, 0.29) is 0 Å². The average Bonchev–Trinajstić information content (AvgIpc) is 2.59. The van der Waals surface area contributed by atoms with Gasteiger partial charge in [0.25, 0.3) is 0 Å². The second kappa shape index (κ2) is 8.06. The molecule has 0 aliphatic carbocycles. The molecule has 0 atom stereocenters. The number of carboxylic acid groups (broad SMARTS) is 1. The maximum atomic E-state index is 10.9. The van der Waals surface area contributed by atoms with Gasteiger partial charge in [0.15, 0.2) is 11.5 Å². The Hall–Kier alpha value is -2.95. The summed E-state index contributed by atoms with van der Waals surface area (Å²) < 4.78 is 16.7. The first-order valence-electron chi connectivity index (χ1n) is 7.40. The zero-order chi connectivity index (χ0) is 17.5. The zero-order valence-corrected chi connectivity index (χ0v) is 13.9. The van der Waals surface area contributed by atoms with Gasteiger partial charge in [0.1, 0.15) is 6.61 Å². The highest BCUT2D eigenvalue weighted by Gasteiger charge is 2.18. The van der Waals surface area contributed by atoms with Crippen LogP contribution in [0.15, 0.2) is 48.5 Å². The van der Waals surface area contributed by atoms with Crippen molar-refractivity contribution in [1.29, 1.82) is 0 Å². The summed E-state index contributed by atoms with van der Waals surface area (Å²) in [6, 6.07) is 13.2. The quantitative estimate of drug-likeness (QED) is 0.784. The SMILES string of the molecule is COc1ccc(/C(C)=C/C(=O)O)c(OC)c1OCc1ccccc1. The third-order valence-corrected chi connectivity index (χ3v) is 3.49. The smallest absolute Gasteiger partial charge is 0.328 e. The van der Waals surface area contributed by atoms with E-state index in [4.69, 9.17) is 19.3 Å². The van der Waals surface area contributed by atoms with E-state index in [1.807, 2.05) is 30.3 Å². The summed E-state index contributed by atoms with van der Waals surface area (Å²) >= 11 is 0. The molecule has 0 saturated carbocycles. The Labute approximate surface area is 141 Å². The van der Waals surface area contributed by atoms with Gasteiger partial charge in [0.05, 0.1) is 14.2 Å². The fourth-order valence-electron chi connectivity index (χ4n) is 2.35. The third kappa shape index (κ3) is 4.07. The van der Waals surface area contributed by atoms with Gasteiger partial charge in [-0.3, -0.25) is 0 Å². The van der Waals surface area contributed by atoms with Gasteiger partial charge in [-0.1, -0.05) is 30.3 Å². The van der Waals surface area contributed by atoms with Crippen molar-refractivity contribution in [3.63, 3.8) is 0 Å². The van der Waals surface area contributed by atoms with E-state index in [1.54, 1.807) is 26.2 Å². The molecule has 0 saturated heterocycles. The molecule has 2 aromatic rings. The summed E-state index contributed by atoms with van der Waals surface area (Å²) in [4.78, 5) is 10.9. The molecule has 1 N–H and O–H groups in total. The minimum Gasteiger partial charge on any atom is -0.493 e. The second-order valence-corrected chi connectivity index (χ2v) is 5.12. The topological polar surface area (TPSA) is 65.0 Å². The predicted octanol–water partition coefficient (Wildman–Crippen LogP) is 3.77. The van der Waals surface area contributed by atoms with Crippen LogP contribution in [-0.4, -0.2) is 25.3 Å². The summed E-state index contributed by atoms with van der Waals surface area (Å²) in [5.41, 5.74) is 2.21. The molecule has 0 aliphatic heterocycles. The number of rotatable bonds is 7. The Bertz CT molecular complexity index is 735. The van der Waals surface area contributed by atoms with Crippen molar-refractivity contribution < 1.29 is 24.1 Å². The van der Waals surface area contributed by atoms with Gasteiger partial charge in [-0.15, -0.1) is 0 Å². The van der Waals surface area contributed by atoms with E-state index in [0.717, 1.165) is 11.6 Å². The van der Waals surface area contributed by atoms with Crippen molar-refractivity contribution in [3.8, 4) is 17.2 Å². The van der Waals surface area contributed by atoms with Crippen LogP contribution in [0.1, 0.15) is 18.1 Å². The van der Waals surface area contributed by atoms with Gasteiger partial charge in [-0.2, -0.15) is 0 Å². The van der Waals surface area contributed by atoms with Gasteiger partial charge < -0.3 is 19.3 Å². The predicted molar refractivity (Wildman–Crippen MR) is 91.6 cm³/mol. The number of hydrogen-bond acceptors (Lipinski definition) is 4.